The first-order valence-corrected chi connectivity index (χ1v) is 11.3. The van der Waals surface area contributed by atoms with E-state index in [1.807, 2.05) is 18.2 Å². The zero-order chi connectivity index (χ0) is 23.3. The zero-order valence-corrected chi connectivity index (χ0v) is 18.8. The second-order valence-corrected chi connectivity index (χ2v) is 8.71. The SMILES string of the molecule is COc1cc(CC2(CCC(=O)NCCc3cccc4ccccc34)CCC(=O)N2)ccc1F. The molecule has 1 unspecified atom stereocenters. The quantitative estimate of drug-likeness (QED) is 0.512. The third-order valence-electron chi connectivity index (χ3n) is 6.42. The van der Waals surface area contributed by atoms with Crippen molar-refractivity contribution in [3.63, 3.8) is 0 Å². The second kappa shape index (κ2) is 10.0. The molecule has 33 heavy (non-hydrogen) atoms. The van der Waals surface area contributed by atoms with Gasteiger partial charge in [-0.05, 0) is 59.7 Å². The molecule has 1 heterocycles. The van der Waals surface area contributed by atoms with Crippen LogP contribution >= 0.6 is 0 Å². The number of methoxy groups -OCH3 is 1. The van der Waals surface area contributed by atoms with Crippen LogP contribution in [0.4, 0.5) is 4.39 Å². The number of halogens is 1. The summed E-state index contributed by atoms with van der Waals surface area (Å²) in [6.45, 7) is 0.557. The second-order valence-electron chi connectivity index (χ2n) is 8.71. The summed E-state index contributed by atoms with van der Waals surface area (Å²) >= 11 is 0. The van der Waals surface area contributed by atoms with Crippen LogP contribution in [0.15, 0.2) is 60.7 Å². The monoisotopic (exact) mass is 448 g/mol. The summed E-state index contributed by atoms with van der Waals surface area (Å²) in [5.41, 5.74) is 1.57. The maximum absolute atomic E-state index is 13.8. The Hall–Kier alpha value is -3.41. The molecular formula is C27H29FN2O3. The van der Waals surface area contributed by atoms with Gasteiger partial charge in [0.2, 0.25) is 11.8 Å². The lowest BCUT2D eigenvalue weighted by atomic mass is 9.85. The Bertz CT molecular complexity index is 1160. The summed E-state index contributed by atoms with van der Waals surface area (Å²) in [7, 11) is 1.43. The van der Waals surface area contributed by atoms with Crippen LogP contribution in [0, 0.1) is 5.82 Å². The van der Waals surface area contributed by atoms with Crippen LogP contribution in [-0.2, 0) is 22.4 Å². The zero-order valence-electron chi connectivity index (χ0n) is 18.8. The Balaban J connectivity index is 1.34. The summed E-state index contributed by atoms with van der Waals surface area (Å²) in [5, 5.41) is 8.49. The van der Waals surface area contributed by atoms with Crippen LogP contribution in [0.5, 0.6) is 5.75 Å². The van der Waals surface area contributed by atoms with Gasteiger partial charge in [0.1, 0.15) is 0 Å². The molecule has 0 saturated carbocycles. The molecule has 2 amide bonds. The fourth-order valence-electron chi connectivity index (χ4n) is 4.68. The molecule has 3 aromatic rings. The summed E-state index contributed by atoms with van der Waals surface area (Å²) in [5.74, 6) is -0.289. The van der Waals surface area contributed by atoms with Crippen LogP contribution in [0.25, 0.3) is 10.8 Å². The first kappa shape index (κ1) is 22.8. The smallest absolute Gasteiger partial charge is 0.220 e. The molecular weight excluding hydrogens is 419 g/mol. The van der Waals surface area contributed by atoms with Gasteiger partial charge in [-0.25, -0.2) is 4.39 Å². The average Bonchev–Trinajstić information content (AvgIpc) is 3.19. The van der Waals surface area contributed by atoms with E-state index in [9.17, 15) is 14.0 Å². The van der Waals surface area contributed by atoms with E-state index in [-0.39, 0.29) is 17.6 Å². The van der Waals surface area contributed by atoms with Crippen molar-refractivity contribution in [3.8, 4) is 5.75 Å². The normalized spacial score (nSPS) is 17.7. The number of ether oxygens (including phenoxy) is 1. The minimum absolute atomic E-state index is 0.0135. The topological polar surface area (TPSA) is 67.4 Å². The van der Waals surface area contributed by atoms with Crippen LogP contribution < -0.4 is 15.4 Å². The number of rotatable bonds is 9. The first-order valence-electron chi connectivity index (χ1n) is 11.3. The highest BCUT2D eigenvalue weighted by Crippen LogP contribution is 2.31. The standard InChI is InChI=1S/C27H29FN2O3/c1-33-24-17-19(9-10-23(24)28)18-27(15-12-26(32)30-27)14-11-25(31)29-16-13-21-7-4-6-20-5-2-3-8-22(20)21/h2-10,17H,11-16,18H2,1H3,(H,29,31)(H,30,32). The third kappa shape index (κ3) is 5.51. The number of fused-ring (bicyclic) bond motifs is 1. The van der Waals surface area contributed by atoms with Crippen molar-refractivity contribution in [2.24, 2.45) is 0 Å². The summed E-state index contributed by atoms with van der Waals surface area (Å²) in [4.78, 5) is 24.6. The van der Waals surface area contributed by atoms with Gasteiger partial charge in [0, 0.05) is 24.9 Å². The molecule has 1 fully saturated rings. The molecule has 5 nitrogen and oxygen atoms in total. The highest BCUT2D eigenvalue weighted by atomic mass is 19.1. The molecule has 6 heteroatoms. The van der Waals surface area contributed by atoms with Crippen molar-refractivity contribution in [2.45, 2.75) is 44.1 Å². The van der Waals surface area contributed by atoms with Crippen LogP contribution in [-0.4, -0.2) is 31.0 Å². The van der Waals surface area contributed by atoms with E-state index in [4.69, 9.17) is 4.74 Å². The van der Waals surface area contributed by atoms with Crippen LogP contribution in [0.2, 0.25) is 0 Å². The van der Waals surface area contributed by atoms with Gasteiger partial charge in [-0.1, -0.05) is 48.5 Å². The molecule has 1 saturated heterocycles. The van der Waals surface area contributed by atoms with Gasteiger partial charge in [-0.15, -0.1) is 0 Å². The van der Waals surface area contributed by atoms with Crippen molar-refractivity contribution in [1.82, 2.24) is 10.6 Å². The molecule has 0 spiro atoms. The first-order chi connectivity index (χ1) is 16.0. The van der Waals surface area contributed by atoms with E-state index in [1.165, 1.54) is 29.5 Å². The lowest BCUT2D eigenvalue weighted by Crippen LogP contribution is -2.44. The maximum Gasteiger partial charge on any atom is 0.220 e. The van der Waals surface area contributed by atoms with E-state index in [0.29, 0.717) is 38.6 Å². The predicted molar refractivity (Wildman–Crippen MR) is 127 cm³/mol. The van der Waals surface area contributed by atoms with E-state index in [0.717, 1.165) is 12.0 Å². The number of nitrogens with one attached hydrogen (secondary N) is 2. The molecule has 0 aromatic heterocycles. The highest BCUT2D eigenvalue weighted by molar-refractivity contribution is 5.85. The molecule has 3 aromatic carbocycles. The van der Waals surface area contributed by atoms with Gasteiger partial charge in [0.15, 0.2) is 11.6 Å². The molecule has 1 atom stereocenters. The molecule has 1 aliphatic rings. The minimum Gasteiger partial charge on any atom is -0.494 e. The van der Waals surface area contributed by atoms with Crippen LogP contribution in [0.3, 0.4) is 0 Å². The van der Waals surface area contributed by atoms with Gasteiger partial charge in [0.25, 0.3) is 0 Å². The average molecular weight is 449 g/mol. The number of carbonyl (C=O) groups excluding carboxylic acids is 2. The Kier molecular flexibility index (Phi) is 6.92. The number of hydrogen-bond acceptors (Lipinski definition) is 3. The summed E-state index contributed by atoms with van der Waals surface area (Å²) in [6.07, 6.45) is 3.20. The predicted octanol–water partition coefficient (Wildman–Crippen LogP) is 4.32. The Morgan fingerprint density at radius 2 is 1.97 bits per heavy atom. The van der Waals surface area contributed by atoms with Gasteiger partial charge >= 0.3 is 0 Å². The molecule has 2 N–H and O–H groups in total. The lowest BCUT2D eigenvalue weighted by molar-refractivity contribution is -0.122. The summed E-state index contributed by atoms with van der Waals surface area (Å²) in [6, 6.07) is 19.2. The summed E-state index contributed by atoms with van der Waals surface area (Å²) < 4.78 is 18.9. The van der Waals surface area contributed by atoms with E-state index in [1.54, 1.807) is 12.1 Å². The maximum atomic E-state index is 13.8. The van der Waals surface area contributed by atoms with Gasteiger partial charge in [-0.2, -0.15) is 0 Å². The third-order valence-corrected chi connectivity index (χ3v) is 6.42. The molecule has 4 rings (SSSR count). The molecule has 0 aliphatic carbocycles. The molecule has 0 bridgehead atoms. The fraction of sp³-hybridized carbons (Fsp3) is 0.333. The van der Waals surface area contributed by atoms with E-state index < -0.39 is 11.4 Å². The highest BCUT2D eigenvalue weighted by Gasteiger charge is 2.38. The fourth-order valence-corrected chi connectivity index (χ4v) is 4.68. The van der Waals surface area contributed by atoms with Crippen molar-refractivity contribution in [3.05, 3.63) is 77.6 Å². The van der Waals surface area contributed by atoms with E-state index in [2.05, 4.69) is 34.9 Å². The van der Waals surface area contributed by atoms with Crippen molar-refractivity contribution < 1.29 is 18.7 Å². The largest absolute Gasteiger partial charge is 0.494 e. The van der Waals surface area contributed by atoms with Crippen molar-refractivity contribution in [1.29, 1.82) is 0 Å². The number of amides is 2. The van der Waals surface area contributed by atoms with Crippen molar-refractivity contribution in [2.75, 3.05) is 13.7 Å². The van der Waals surface area contributed by atoms with Gasteiger partial charge in [0.05, 0.1) is 7.11 Å². The number of benzene rings is 3. The molecule has 1 aliphatic heterocycles. The van der Waals surface area contributed by atoms with E-state index >= 15 is 0 Å². The molecule has 0 radical (unpaired) electrons. The van der Waals surface area contributed by atoms with Gasteiger partial charge < -0.3 is 15.4 Å². The Morgan fingerprint density at radius 1 is 1.15 bits per heavy atom. The van der Waals surface area contributed by atoms with Crippen LogP contribution in [0.1, 0.15) is 36.8 Å². The Morgan fingerprint density at radius 3 is 2.76 bits per heavy atom. The lowest BCUT2D eigenvalue weighted by Gasteiger charge is -2.29. The van der Waals surface area contributed by atoms with Gasteiger partial charge in [-0.3, -0.25) is 9.59 Å². The molecule has 172 valence electrons. The Labute approximate surface area is 193 Å². The number of hydrogen-bond donors (Lipinski definition) is 2. The van der Waals surface area contributed by atoms with Crippen molar-refractivity contribution >= 4 is 22.6 Å². The minimum atomic E-state index is -0.507. The number of carbonyl (C=O) groups is 2.